The smallest absolute Gasteiger partial charge is 0.240 e. The van der Waals surface area contributed by atoms with Crippen molar-refractivity contribution in [2.45, 2.75) is 32.6 Å². The zero-order valence-corrected chi connectivity index (χ0v) is 14.0. The normalized spacial score (nSPS) is 23.5. The molecule has 0 aromatic heterocycles. The molecule has 0 aliphatic heterocycles. The van der Waals surface area contributed by atoms with E-state index in [1.807, 2.05) is 19.1 Å². The van der Waals surface area contributed by atoms with E-state index < -0.39 is 0 Å². The number of hydrogen-bond donors (Lipinski definition) is 1. The molecule has 2 aliphatic rings. The second kappa shape index (κ2) is 7.18. The number of carbonyl (C=O) groups is 1. The standard InChI is InChI=1S/C18H21ClN2O2/c1-12-10-14(19)7-8-17(12)23-9-3-6-18(22)21-20-16-11-13-4-2-5-15(13)16/h2,4,7-8,10,13,15H,3,5-6,9,11H2,1H3,(H,21,22)/b20-16-. The van der Waals surface area contributed by atoms with Crippen LogP contribution in [0.2, 0.25) is 5.02 Å². The topological polar surface area (TPSA) is 50.7 Å². The maximum Gasteiger partial charge on any atom is 0.240 e. The van der Waals surface area contributed by atoms with E-state index in [1.54, 1.807) is 6.07 Å². The van der Waals surface area contributed by atoms with Crippen LogP contribution in [0.3, 0.4) is 0 Å². The number of fused-ring (bicyclic) bond motifs is 1. The molecule has 0 spiro atoms. The van der Waals surface area contributed by atoms with Gasteiger partial charge in [0.05, 0.1) is 6.61 Å². The summed E-state index contributed by atoms with van der Waals surface area (Å²) in [4.78, 5) is 11.8. The van der Waals surface area contributed by atoms with Gasteiger partial charge in [-0.3, -0.25) is 4.79 Å². The fraction of sp³-hybridized carbons (Fsp3) is 0.444. The van der Waals surface area contributed by atoms with E-state index in [0.717, 1.165) is 29.9 Å². The highest BCUT2D eigenvalue weighted by atomic mass is 35.5. The first kappa shape index (κ1) is 16.1. The molecule has 5 heteroatoms. The maximum absolute atomic E-state index is 11.8. The van der Waals surface area contributed by atoms with Crippen molar-refractivity contribution in [3.8, 4) is 5.75 Å². The van der Waals surface area contributed by atoms with Crippen LogP contribution < -0.4 is 10.2 Å². The highest BCUT2D eigenvalue weighted by Gasteiger charge is 2.37. The summed E-state index contributed by atoms with van der Waals surface area (Å²) < 4.78 is 5.67. The Kier molecular flexibility index (Phi) is 5.01. The van der Waals surface area contributed by atoms with E-state index in [2.05, 4.69) is 22.7 Å². The molecule has 2 unspecified atom stereocenters. The SMILES string of the molecule is Cc1cc(Cl)ccc1OCCCC(=O)N/N=C1/CC2C=CCC12. The minimum Gasteiger partial charge on any atom is -0.493 e. The monoisotopic (exact) mass is 332 g/mol. The molecule has 1 saturated carbocycles. The van der Waals surface area contributed by atoms with Crippen LogP contribution in [0.1, 0.15) is 31.2 Å². The molecule has 0 heterocycles. The average Bonchev–Trinajstić information content (AvgIpc) is 2.87. The van der Waals surface area contributed by atoms with E-state index in [1.165, 1.54) is 0 Å². The zero-order valence-electron chi connectivity index (χ0n) is 13.2. The van der Waals surface area contributed by atoms with Crippen LogP contribution >= 0.6 is 11.6 Å². The maximum atomic E-state index is 11.8. The van der Waals surface area contributed by atoms with E-state index >= 15 is 0 Å². The number of hydrogen-bond acceptors (Lipinski definition) is 3. The highest BCUT2D eigenvalue weighted by Crippen LogP contribution is 2.40. The van der Waals surface area contributed by atoms with Gasteiger partial charge in [-0.25, -0.2) is 5.43 Å². The predicted octanol–water partition coefficient (Wildman–Crippen LogP) is 3.88. The number of allylic oxidation sites excluding steroid dienone is 2. The third kappa shape index (κ3) is 3.94. The second-order valence-electron chi connectivity index (χ2n) is 6.14. The van der Waals surface area contributed by atoms with Gasteiger partial charge < -0.3 is 4.74 Å². The summed E-state index contributed by atoms with van der Waals surface area (Å²) in [5.74, 6) is 1.95. The minimum absolute atomic E-state index is 0.0525. The minimum atomic E-state index is -0.0525. The van der Waals surface area contributed by atoms with E-state index in [4.69, 9.17) is 16.3 Å². The van der Waals surface area contributed by atoms with Crippen molar-refractivity contribution in [1.29, 1.82) is 0 Å². The van der Waals surface area contributed by atoms with Gasteiger partial charge >= 0.3 is 0 Å². The fourth-order valence-electron chi connectivity index (χ4n) is 3.04. The number of nitrogens with zero attached hydrogens (tertiary/aromatic N) is 1. The van der Waals surface area contributed by atoms with Crippen LogP contribution in [0.5, 0.6) is 5.75 Å². The molecule has 1 fully saturated rings. The van der Waals surface area contributed by atoms with Gasteiger partial charge in [0.15, 0.2) is 0 Å². The van der Waals surface area contributed by atoms with Gasteiger partial charge in [-0.1, -0.05) is 23.8 Å². The number of carbonyl (C=O) groups excluding carboxylic acids is 1. The van der Waals surface area contributed by atoms with Gasteiger partial charge in [0, 0.05) is 23.1 Å². The summed E-state index contributed by atoms with van der Waals surface area (Å²) in [7, 11) is 0. The number of ether oxygens (including phenoxy) is 1. The van der Waals surface area contributed by atoms with Crippen molar-refractivity contribution in [2.24, 2.45) is 16.9 Å². The first-order valence-corrected chi connectivity index (χ1v) is 8.42. The summed E-state index contributed by atoms with van der Waals surface area (Å²) in [6.45, 7) is 2.45. The zero-order chi connectivity index (χ0) is 16.2. The molecule has 2 atom stereocenters. The molecule has 3 rings (SSSR count). The molecular formula is C18H21ClN2O2. The molecule has 1 N–H and O–H groups in total. The lowest BCUT2D eigenvalue weighted by Gasteiger charge is -2.31. The van der Waals surface area contributed by atoms with Crippen molar-refractivity contribution >= 4 is 23.2 Å². The summed E-state index contributed by atoms with van der Waals surface area (Å²) in [5, 5.41) is 4.95. The Bertz CT molecular complexity index is 654. The van der Waals surface area contributed by atoms with Gasteiger partial charge in [-0.2, -0.15) is 5.10 Å². The Morgan fingerprint density at radius 2 is 2.35 bits per heavy atom. The first-order chi connectivity index (χ1) is 11.1. The Hall–Kier alpha value is -1.81. The number of amides is 1. The average molecular weight is 333 g/mol. The van der Waals surface area contributed by atoms with Crippen LogP contribution in [-0.4, -0.2) is 18.2 Å². The molecule has 23 heavy (non-hydrogen) atoms. The lowest BCUT2D eigenvalue weighted by Crippen LogP contribution is -2.35. The molecule has 122 valence electrons. The van der Waals surface area contributed by atoms with Crippen LogP contribution in [0, 0.1) is 18.8 Å². The molecular weight excluding hydrogens is 312 g/mol. The molecule has 4 nitrogen and oxygen atoms in total. The molecule has 2 aliphatic carbocycles. The molecule has 1 aromatic carbocycles. The molecule has 0 saturated heterocycles. The van der Waals surface area contributed by atoms with Crippen molar-refractivity contribution in [3.05, 3.63) is 40.9 Å². The molecule has 0 bridgehead atoms. The van der Waals surface area contributed by atoms with Crippen molar-refractivity contribution in [3.63, 3.8) is 0 Å². The summed E-state index contributed by atoms with van der Waals surface area (Å²) in [6.07, 6.45) is 7.58. The number of nitrogens with one attached hydrogen (secondary N) is 1. The number of halogens is 1. The molecule has 0 radical (unpaired) electrons. The van der Waals surface area contributed by atoms with E-state index in [0.29, 0.717) is 36.3 Å². The van der Waals surface area contributed by atoms with Crippen LogP contribution in [0.25, 0.3) is 0 Å². The van der Waals surface area contributed by atoms with Crippen LogP contribution in [0.4, 0.5) is 0 Å². The van der Waals surface area contributed by atoms with Crippen molar-refractivity contribution in [1.82, 2.24) is 5.43 Å². The van der Waals surface area contributed by atoms with Gasteiger partial charge in [0.2, 0.25) is 5.91 Å². The lowest BCUT2D eigenvalue weighted by molar-refractivity contribution is -0.121. The van der Waals surface area contributed by atoms with Gasteiger partial charge in [-0.15, -0.1) is 0 Å². The van der Waals surface area contributed by atoms with Crippen molar-refractivity contribution in [2.75, 3.05) is 6.61 Å². The molecule has 1 amide bonds. The van der Waals surface area contributed by atoms with Crippen molar-refractivity contribution < 1.29 is 9.53 Å². The fourth-order valence-corrected chi connectivity index (χ4v) is 3.27. The van der Waals surface area contributed by atoms with Gasteiger partial charge in [0.1, 0.15) is 5.75 Å². The third-order valence-corrected chi connectivity index (χ3v) is 4.66. The number of benzene rings is 1. The summed E-state index contributed by atoms with van der Waals surface area (Å²) in [6, 6.07) is 5.52. The Morgan fingerprint density at radius 3 is 3.13 bits per heavy atom. The largest absolute Gasteiger partial charge is 0.493 e. The predicted molar refractivity (Wildman–Crippen MR) is 91.8 cm³/mol. The number of hydrazone groups is 1. The Morgan fingerprint density at radius 1 is 1.48 bits per heavy atom. The summed E-state index contributed by atoms with van der Waals surface area (Å²) in [5.41, 5.74) is 4.79. The highest BCUT2D eigenvalue weighted by molar-refractivity contribution is 6.30. The van der Waals surface area contributed by atoms with Gasteiger partial charge in [0.25, 0.3) is 0 Å². The number of rotatable bonds is 6. The molecule has 1 aromatic rings. The Labute approximate surface area is 141 Å². The lowest BCUT2D eigenvalue weighted by atomic mass is 9.74. The van der Waals surface area contributed by atoms with Crippen LogP contribution in [-0.2, 0) is 4.79 Å². The first-order valence-electron chi connectivity index (χ1n) is 8.04. The second-order valence-corrected chi connectivity index (χ2v) is 6.57. The van der Waals surface area contributed by atoms with E-state index in [-0.39, 0.29) is 5.91 Å². The number of aryl methyl sites for hydroxylation is 1. The van der Waals surface area contributed by atoms with E-state index in [9.17, 15) is 4.79 Å². The van der Waals surface area contributed by atoms with Gasteiger partial charge in [-0.05, 0) is 55.9 Å². The Balaban J connectivity index is 1.34. The third-order valence-electron chi connectivity index (χ3n) is 4.43. The quantitative estimate of drug-likeness (QED) is 0.488. The summed E-state index contributed by atoms with van der Waals surface area (Å²) >= 11 is 5.91. The van der Waals surface area contributed by atoms with Crippen LogP contribution in [0.15, 0.2) is 35.5 Å².